The Bertz CT molecular complexity index is 588. The largest absolute Gasteiger partial charge is 0.447 e. The van der Waals surface area contributed by atoms with Gasteiger partial charge in [-0.2, -0.15) is 0 Å². The third-order valence-corrected chi connectivity index (χ3v) is 4.06. The summed E-state index contributed by atoms with van der Waals surface area (Å²) in [6.07, 6.45) is 0.945. The zero-order chi connectivity index (χ0) is 13.0. The van der Waals surface area contributed by atoms with Crippen molar-refractivity contribution in [3.8, 4) is 0 Å². The van der Waals surface area contributed by atoms with Gasteiger partial charge in [0.05, 0.1) is 6.54 Å². The van der Waals surface area contributed by atoms with Gasteiger partial charge >= 0.3 is 0 Å². The summed E-state index contributed by atoms with van der Waals surface area (Å²) in [5.41, 5.74) is 0. The van der Waals surface area contributed by atoms with Crippen LogP contribution in [0, 0.1) is 0 Å². The van der Waals surface area contributed by atoms with Gasteiger partial charge in [-0.05, 0) is 30.0 Å². The molecule has 0 saturated carbocycles. The molecule has 2 rings (SSSR count). The van der Waals surface area contributed by atoms with Crippen molar-refractivity contribution in [3.05, 3.63) is 40.3 Å². The van der Waals surface area contributed by atoms with Crippen LogP contribution in [0.15, 0.2) is 39.2 Å². The summed E-state index contributed by atoms with van der Waals surface area (Å²) in [5.74, 6) is 0.560. The van der Waals surface area contributed by atoms with Gasteiger partial charge in [-0.3, -0.25) is 0 Å². The van der Waals surface area contributed by atoms with Gasteiger partial charge in [-0.15, -0.1) is 11.3 Å². The van der Waals surface area contributed by atoms with Crippen LogP contribution in [0.25, 0.3) is 0 Å². The van der Waals surface area contributed by atoms with E-state index in [0.717, 1.165) is 13.0 Å². The maximum absolute atomic E-state index is 11.0. The third kappa shape index (κ3) is 3.67. The van der Waals surface area contributed by atoms with E-state index in [4.69, 9.17) is 9.56 Å². The van der Waals surface area contributed by atoms with Crippen LogP contribution in [0.2, 0.25) is 0 Å². The molecular formula is C11H14N2O3S2. The molecule has 3 N–H and O–H groups in total. The molecule has 18 heavy (non-hydrogen) atoms. The lowest BCUT2D eigenvalue weighted by atomic mass is 10.3. The lowest BCUT2D eigenvalue weighted by Gasteiger charge is -2.00. The molecule has 98 valence electrons. The van der Waals surface area contributed by atoms with Gasteiger partial charge in [0.15, 0.2) is 0 Å². The fourth-order valence-electron chi connectivity index (χ4n) is 1.48. The molecule has 5 nitrogen and oxygen atoms in total. The summed E-state index contributed by atoms with van der Waals surface area (Å²) < 4.78 is 27.1. The van der Waals surface area contributed by atoms with Gasteiger partial charge in [0, 0.05) is 11.4 Å². The highest BCUT2D eigenvalue weighted by Crippen LogP contribution is 2.12. The summed E-state index contributed by atoms with van der Waals surface area (Å²) in [7, 11) is -3.74. The number of rotatable bonds is 6. The van der Waals surface area contributed by atoms with E-state index in [0.29, 0.717) is 12.3 Å². The number of furan rings is 1. The molecule has 0 bridgehead atoms. The number of hydrogen-bond donors (Lipinski definition) is 2. The standard InChI is InChI=1S/C11H14N2O3S2/c12-18(14,15)11-4-3-9(16-11)8-13-6-5-10-2-1-7-17-10/h1-4,7,13H,5-6,8H2,(H2,12,14,15). The molecule has 0 unspecified atom stereocenters. The van der Waals surface area contributed by atoms with E-state index in [1.807, 2.05) is 11.4 Å². The number of hydrogen-bond acceptors (Lipinski definition) is 5. The minimum atomic E-state index is -3.74. The zero-order valence-electron chi connectivity index (χ0n) is 9.63. The van der Waals surface area contributed by atoms with Crippen LogP contribution in [0.1, 0.15) is 10.6 Å². The van der Waals surface area contributed by atoms with E-state index in [1.54, 1.807) is 17.4 Å². The molecule has 0 saturated heterocycles. The number of primary sulfonamides is 1. The van der Waals surface area contributed by atoms with Gasteiger partial charge in [-0.1, -0.05) is 6.07 Å². The van der Waals surface area contributed by atoms with Crippen molar-refractivity contribution < 1.29 is 12.8 Å². The van der Waals surface area contributed by atoms with Crippen LogP contribution < -0.4 is 10.5 Å². The molecule has 2 heterocycles. The highest BCUT2D eigenvalue weighted by molar-refractivity contribution is 7.89. The van der Waals surface area contributed by atoms with Crippen molar-refractivity contribution in [1.82, 2.24) is 5.32 Å². The molecule has 7 heteroatoms. The van der Waals surface area contributed by atoms with Crippen LogP contribution in [0.4, 0.5) is 0 Å². The summed E-state index contributed by atoms with van der Waals surface area (Å²) in [6, 6.07) is 7.08. The van der Waals surface area contributed by atoms with Crippen molar-refractivity contribution in [2.75, 3.05) is 6.54 Å². The molecule has 2 aromatic rings. The Balaban J connectivity index is 1.79. The van der Waals surface area contributed by atoms with Crippen LogP contribution in [0.5, 0.6) is 0 Å². The molecule has 0 atom stereocenters. The second kappa shape index (κ2) is 5.66. The smallest absolute Gasteiger partial charge is 0.271 e. The second-order valence-electron chi connectivity index (χ2n) is 3.77. The SMILES string of the molecule is NS(=O)(=O)c1ccc(CNCCc2cccs2)o1. The van der Waals surface area contributed by atoms with Crippen LogP contribution >= 0.6 is 11.3 Å². The van der Waals surface area contributed by atoms with Crippen molar-refractivity contribution in [2.24, 2.45) is 5.14 Å². The summed E-state index contributed by atoms with van der Waals surface area (Å²) in [4.78, 5) is 1.31. The maximum Gasteiger partial charge on any atom is 0.271 e. The molecule has 0 fully saturated rings. The predicted octanol–water partition coefficient (Wildman–Crippen LogP) is 1.32. The van der Waals surface area contributed by atoms with Gasteiger partial charge in [0.1, 0.15) is 5.76 Å². The summed E-state index contributed by atoms with van der Waals surface area (Å²) in [6.45, 7) is 1.30. The highest BCUT2D eigenvalue weighted by atomic mass is 32.2. The molecule has 0 aliphatic rings. The summed E-state index contributed by atoms with van der Waals surface area (Å²) >= 11 is 1.72. The van der Waals surface area contributed by atoms with E-state index in [1.165, 1.54) is 10.9 Å². The van der Waals surface area contributed by atoms with Crippen LogP contribution in [-0.4, -0.2) is 15.0 Å². The number of nitrogens with two attached hydrogens (primary N) is 1. The lowest BCUT2D eigenvalue weighted by Crippen LogP contribution is -2.16. The van der Waals surface area contributed by atoms with E-state index in [-0.39, 0.29) is 5.09 Å². The fourth-order valence-corrected chi connectivity index (χ4v) is 2.67. The van der Waals surface area contributed by atoms with Crippen molar-refractivity contribution in [1.29, 1.82) is 0 Å². The highest BCUT2D eigenvalue weighted by Gasteiger charge is 2.12. The Morgan fingerprint density at radius 2 is 2.17 bits per heavy atom. The molecular weight excluding hydrogens is 272 g/mol. The normalized spacial score (nSPS) is 11.8. The van der Waals surface area contributed by atoms with E-state index in [9.17, 15) is 8.42 Å². The van der Waals surface area contributed by atoms with E-state index < -0.39 is 10.0 Å². The Hall–Kier alpha value is -1.15. The molecule has 0 spiro atoms. The van der Waals surface area contributed by atoms with E-state index in [2.05, 4.69) is 11.4 Å². The molecule has 0 amide bonds. The first-order chi connectivity index (χ1) is 8.55. The minimum Gasteiger partial charge on any atom is -0.447 e. The Morgan fingerprint density at radius 1 is 1.33 bits per heavy atom. The Kier molecular flexibility index (Phi) is 4.18. The van der Waals surface area contributed by atoms with Gasteiger partial charge in [-0.25, -0.2) is 13.6 Å². The zero-order valence-corrected chi connectivity index (χ0v) is 11.3. The minimum absolute atomic E-state index is 0.197. The first-order valence-corrected chi connectivity index (χ1v) is 7.83. The lowest BCUT2D eigenvalue weighted by molar-refractivity contribution is 0.403. The summed E-state index contributed by atoms with van der Waals surface area (Å²) in [5, 5.41) is 9.98. The molecule has 0 radical (unpaired) electrons. The first kappa shape index (κ1) is 13.3. The van der Waals surface area contributed by atoms with Crippen LogP contribution in [0.3, 0.4) is 0 Å². The number of thiophene rings is 1. The molecule has 0 aromatic carbocycles. The molecule has 0 aliphatic carbocycles. The quantitative estimate of drug-likeness (QED) is 0.784. The number of nitrogens with one attached hydrogen (secondary N) is 1. The predicted molar refractivity (Wildman–Crippen MR) is 69.8 cm³/mol. The Morgan fingerprint density at radius 3 is 2.78 bits per heavy atom. The third-order valence-electron chi connectivity index (χ3n) is 2.34. The second-order valence-corrected chi connectivity index (χ2v) is 6.30. The fraction of sp³-hybridized carbons (Fsp3) is 0.273. The average molecular weight is 286 g/mol. The van der Waals surface area contributed by atoms with Crippen molar-refractivity contribution in [3.63, 3.8) is 0 Å². The molecule has 0 aliphatic heterocycles. The topological polar surface area (TPSA) is 85.3 Å². The number of sulfonamides is 1. The van der Waals surface area contributed by atoms with E-state index >= 15 is 0 Å². The maximum atomic E-state index is 11.0. The average Bonchev–Trinajstić information content (AvgIpc) is 2.95. The van der Waals surface area contributed by atoms with Crippen molar-refractivity contribution >= 4 is 21.4 Å². The monoisotopic (exact) mass is 286 g/mol. The van der Waals surface area contributed by atoms with Crippen LogP contribution in [-0.2, 0) is 23.0 Å². The molecule has 2 aromatic heterocycles. The van der Waals surface area contributed by atoms with Gasteiger partial charge in [0.25, 0.3) is 10.0 Å². The van der Waals surface area contributed by atoms with Gasteiger partial charge in [0.2, 0.25) is 5.09 Å². The van der Waals surface area contributed by atoms with Gasteiger partial charge < -0.3 is 9.73 Å². The first-order valence-electron chi connectivity index (χ1n) is 5.40. The van der Waals surface area contributed by atoms with Crippen molar-refractivity contribution in [2.45, 2.75) is 18.1 Å². The Labute approximate surface area is 110 Å².